The fourth-order valence-electron chi connectivity index (χ4n) is 3.15. The van der Waals surface area contributed by atoms with Crippen LogP contribution in [0.25, 0.3) is 11.8 Å². The summed E-state index contributed by atoms with van der Waals surface area (Å²) in [5.41, 5.74) is 2.91. The number of nitrogens with one attached hydrogen (secondary N) is 1. The van der Waals surface area contributed by atoms with E-state index in [1.54, 1.807) is 20.3 Å². The number of ether oxygens (including phenoxy) is 2. The predicted molar refractivity (Wildman–Crippen MR) is 124 cm³/mol. The van der Waals surface area contributed by atoms with Crippen LogP contribution in [0.2, 0.25) is 0 Å². The van der Waals surface area contributed by atoms with Crippen molar-refractivity contribution < 1.29 is 22.7 Å². The molecule has 0 unspecified atom stereocenters. The Kier molecular flexibility index (Phi) is 6.85. The van der Waals surface area contributed by atoms with E-state index in [9.17, 15) is 18.5 Å². The summed E-state index contributed by atoms with van der Waals surface area (Å²) < 4.78 is 39.4. The number of methoxy groups -OCH3 is 2. The third-order valence-electron chi connectivity index (χ3n) is 4.72. The van der Waals surface area contributed by atoms with Gasteiger partial charge in [-0.25, -0.2) is 8.42 Å². The second-order valence-electron chi connectivity index (χ2n) is 6.98. The van der Waals surface area contributed by atoms with Crippen molar-refractivity contribution in [3.8, 4) is 23.3 Å². The molecule has 0 radical (unpaired) electrons. The highest BCUT2D eigenvalue weighted by Crippen LogP contribution is 2.32. The van der Waals surface area contributed by atoms with Crippen molar-refractivity contribution in [2.45, 2.75) is 19.0 Å². The van der Waals surface area contributed by atoms with Gasteiger partial charge in [-0.2, -0.15) is 14.6 Å². The minimum absolute atomic E-state index is 0.0185. The molecule has 0 atom stereocenters. The number of anilines is 1. The molecule has 0 saturated carbocycles. The summed E-state index contributed by atoms with van der Waals surface area (Å²) in [5.74, 6) is 0.528. The highest BCUT2D eigenvalue weighted by molar-refractivity contribution is 7.90. The Hall–Kier alpha value is -3.69. The maximum absolute atomic E-state index is 12.6. The summed E-state index contributed by atoms with van der Waals surface area (Å²) in [6.07, 6.45) is 2.43. The fourth-order valence-corrected chi connectivity index (χ4v) is 4.59. The number of amides is 1. The van der Waals surface area contributed by atoms with Gasteiger partial charge >= 0.3 is 0 Å². The summed E-state index contributed by atoms with van der Waals surface area (Å²) in [6, 6.07) is 9.16. The zero-order valence-corrected chi connectivity index (χ0v) is 20.2. The third-order valence-corrected chi connectivity index (χ3v) is 6.31. The minimum Gasteiger partial charge on any atom is -0.497 e. The van der Waals surface area contributed by atoms with Gasteiger partial charge in [-0.1, -0.05) is 0 Å². The van der Waals surface area contributed by atoms with Gasteiger partial charge in [0.05, 0.1) is 19.9 Å². The number of aryl methyl sites for hydroxylation is 1. The quantitative estimate of drug-likeness (QED) is 0.397. The lowest BCUT2D eigenvalue weighted by Gasteiger charge is -2.15. The van der Waals surface area contributed by atoms with Gasteiger partial charge in [-0.15, -0.1) is 0 Å². The largest absolute Gasteiger partial charge is 0.497 e. The summed E-state index contributed by atoms with van der Waals surface area (Å²) in [7, 11) is -0.465. The van der Waals surface area contributed by atoms with Crippen LogP contribution in [-0.4, -0.2) is 48.7 Å². The molecule has 33 heavy (non-hydrogen) atoms. The molecule has 12 heteroatoms. The Bertz CT molecular complexity index is 1400. The van der Waals surface area contributed by atoms with Crippen LogP contribution in [0.5, 0.6) is 11.5 Å². The van der Waals surface area contributed by atoms with E-state index in [2.05, 4.69) is 14.7 Å². The van der Waals surface area contributed by atoms with Gasteiger partial charge < -0.3 is 14.0 Å². The Balaban J connectivity index is 1.95. The van der Waals surface area contributed by atoms with E-state index in [1.165, 1.54) is 6.08 Å². The van der Waals surface area contributed by atoms with Crippen molar-refractivity contribution >= 4 is 38.5 Å². The second kappa shape index (κ2) is 9.43. The first-order valence-electron chi connectivity index (χ1n) is 9.47. The number of nitrogens with zero attached hydrogens (tertiary/aromatic N) is 4. The molecular weight excluding hydrogens is 466 g/mol. The number of aromatic nitrogens is 3. The first-order valence-corrected chi connectivity index (χ1v) is 12.1. The molecule has 0 aliphatic heterocycles. The van der Waals surface area contributed by atoms with Crippen LogP contribution in [0, 0.1) is 25.2 Å². The van der Waals surface area contributed by atoms with E-state index in [0.29, 0.717) is 28.6 Å². The van der Waals surface area contributed by atoms with Gasteiger partial charge in [0.15, 0.2) is 0 Å². The smallest absolute Gasteiger partial charge is 0.268 e. The maximum Gasteiger partial charge on any atom is 0.268 e. The number of nitriles is 1. The fraction of sp³-hybridized carbons (Fsp3) is 0.238. The molecule has 3 rings (SSSR count). The van der Waals surface area contributed by atoms with Gasteiger partial charge in [-0.3, -0.25) is 10.1 Å². The second-order valence-corrected chi connectivity index (χ2v) is 9.64. The Labute approximate surface area is 195 Å². The van der Waals surface area contributed by atoms with Crippen LogP contribution >= 0.6 is 11.5 Å². The van der Waals surface area contributed by atoms with Crippen molar-refractivity contribution in [3.05, 3.63) is 46.8 Å². The first-order chi connectivity index (χ1) is 15.6. The molecule has 3 aromatic rings. The Morgan fingerprint density at radius 3 is 2.55 bits per heavy atom. The first kappa shape index (κ1) is 24.0. The van der Waals surface area contributed by atoms with Crippen LogP contribution in [0.4, 0.5) is 5.13 Å². The predicted octanol–water partition coefficient (Wildman–Crippen LogP) is 2.91. The third kappa shape index (κ3) is 5.05. The number of hydrogen-bond acceptors (Lipinski definition) is 9. The molecule has 1 aromatic carbocycles. The monoisotopic (exact) mass is 487 g/mol. The van der Waals surface area contributed by atoms with Gasteiger partial charge in [0.1, 0.15) is 23.1 Å². The summed E-state index contributed by atoms with van der Waals surface area (Å²) >= 11 is 0.716. The molecule has 0 bridgehead atoms. The number of sulfone groups is 1. The van der Waals surface area contributed by atoms with Gasteiger partial charge in [0.2, 0.25) is 15.0 Å². The topological polar surface area (TPSA) is 136 Å². The van der Waals surface area contributed by atoms with E-state index in [0.717, 1.165) is 23.3 Å². The number of benzene rings is 1. The van der Waals surface area contributed by atoms with Crippen LogP contribution in [0.1, 0.15) is 17.0 Å². The van der Waals surface area contributed by atoms with Gasteiger partial charge in [0, 0.05) is 35.2 Å². The Morgan fingerprint density at radius 2 is 1.97 bits per heavy atom. The SMILES string of the molecule is COc1ccc(-n2c(C)cc(/C=C(/C#N)C(=O)Nc3nc(S(C)(=O)=O)ns3)c2C)c(OC)c1. The summed E-state index contributed by atoms with van der Waals surface area (Å²) in [4.78, 5) is 16.4. The van der Waals surface area contributed by atoms with Gasteiger partial charge in [0.25, 0.3) is 11.1 Å². The van der Waals surface area contributed by atoms with Crippen molar-refractivity contribution in [1.29, 1.82) is 5.26 Å². The zero-order chi connectivity index (χ0) is 24.3. The normalized spacial score (nSPS) is 11.7. The molecule has 0 fully saturated rings. The lowest BCUT2D eigenvalue weighted by molar-refractivity contribution is -0.112. The number of hydrogen-bond donors (Lipinski definition) is 1. The van der Waals surface area contributed by atoms with Crippen molar-refractivity contribution in [2.24, 2.45) is 0 Å². The van der Waals surface area contributed by atoms with E-state index in [1.807, 2.05) is 42.7 Å². The molecule has 172 valence electrons. The molecule has 2 aromatic heterocycles. The van der Waals surface area contributed by atoms with Crippen molar-refractivity contribution in [1.82, 2.24) is 13.9 Å². The molecule has 0 saturated heterocycles. The molecule has 10 nitrogen and oxygen atoms in total. The van der Waals surface area contributed by atoms with Crippen LogP contribution in [-0.2, 0) is 14.6 Å². The number of carbonyl (C=O) groups is 1. The molecule has 1 amide bonds. The standard InChI is InChI=1S/C21H21N5O5S2/c1-12-8-14(13(2)26(12)17-7-6-16(30-3)10-18(17)31-4)9-15(11-22)19(27)23-20-24-21(25-32-20)33(5,28)29/h6-10H,1-5H3,(H,23,24,25,27)/b15-9-. The molecule has 0 aliphatic carbocycles. The lowest BCUT2D eigenvalue weighted by Crippen LogP contribution is -2.13. The highest BCUT2D eigenvalue weighted by atomic mass is 32.2. The van der Waals surface area contributed by atoms with E-state index in [4.69, 9.17) is 9.47 Å². The van der Waals surface area contributed by atoms with Crippen molar-refractivity contribution in [2.75, 3.05) is 25.8 Å². The molecular formula is C21H21N5O5S2. The maximum atomic E-state index is 12.6. The lowest BCUT2D eigenvalue weighted by atomic mass is 10.1. The summed E-state index contributed by atoms with van der Waals surface area (Å²) in [5, 5.41) is 11.6. The minimum atomic E-state index is -3.60. The molecule has 2 heterocycles. The number of rotatable bonds is 7. The van der Waals surface area contributed by atoms with Crippen molar-refractivity contribution in [3.63, 3.8) is 0 Å². The average Bonchev–Trinajstić information content (AvgIpc) is 3.35. The molecule has 0 aliphatic rings. The zero-order valence-electron chi connectivity index (χ0n) is 18.5. The Morgan fingerprint density at radius 1 is 1.24 bits per heavy atom. The van der Waals surface area contributed by atoms with E-state index < -0.39 is 15.7 Å². The van der Waals surface area contributed by atoms with Crippen LogP contribution < -0.4 is 14.8 Å². The number of carbonyl (C=O) groups excluding carboxylic acids is 1. The van der Waals surface area contributed by atoms with Crippen LogP contribution in [0.3, 0.4) is 0 Å². The van der Waals surface area contributed by atoms with E-state index >= 15 is 0 Å². The highest BCUT2D eigenvalue weighted by Gasteiger charge is 2.19. The van der Waals surface area contributed by atoms with Gasteiger partial charge in [-0.05, 0) is 43.7 Å². The van der Waals surface area contributed by atoms with E-state index in [-0.39, 0.29) is 15.9 Å². The summed E-state index contributed by atoms with van der Waals surface area (Å²) in [6.45, 7) is 3.76. The average molecular weight is 488 g/mol. The molecule has 1 N–H and O–H groups in total. The molecule has 0 spiro atoms. The van der Waals surface area contributed by atoms with Crippen LogP contribution in [0.15, 0.2) is 35.0 Å².